The molecule has 2 aromatic rings. The second-order valence-electron chi connectivity index (χ2n) is 7.44. The van der Waals surface area contributed by atoms with Crippen molar-refractivity contribution in [3.8, 4) is 11.5 Å². The summed E-state index contributed by atoms with van der Waals surface area (Å²) in [4.78, 5) is 28.8. The molecule has 0 aliphatic heterocycles. The van der Waals surface area contributed by atoms with Gasteiger partial charge in [0.2, 0.25) is 11.8 Å². The van der Waals surface area contributed by atoms with Crippen molar-refractivity contribution in [1.82, 2.24) is 9.80 Å². The molecule has 2 amide bonds. The first kappa shape index (κ1) is 24.3. The highest BCUT2D eigenvalue weighted by Crippen LogP contribution is 2.27. The van der Waals surface area contributed by atoms with Gasteiger partial charge in [0.25, 0.3) is 0 Å². The number of rotatable bonds is 12. The molecule has 170 valence electrons. The van der Waals surface area contributed by atoms with Crippen LogP contribution in [0.5, 0.6) is 11.5 Å². The third-order valence-electron chi connectivity index (χ3n) is 5.09. The minimum atomic E-state index is -0.0928. The third-order valence-corrected chi connectivity index (χ3v) is 5.09. The maximum atomic E-state index is 13.2. The summed E-state index contributed by atoms with van der Waals surface area (Å²) in [6.45, 7) is 7.20. The summed E-state index contributed by atoms with van der Waals surface area (Å²) in [5, 5.41) is 0. The molecule has 0 radical (unpaired) electrons. The van der Waals surface area contributed by atoms with Crippen molar-refractivity contribution in [2.75, 3.05) is 33.9 Å². The Hall–Kier alpha value is -2.96. The first-order valence-corrected chi connectivity index (χ1v) is 10.7. The minimum absolute atomic E-state index is 0.0103. The van der Waals surface area contributed by atoms with Gasteiger partial charge in [0.05, 0.1) is 27.3 Å². The van der Waals surface area contributed by atoms with Crippen molar-refractivity contribution in [3.63, 3.8) is 0 Å². The number of ether oxygens (including phenoxy) is 2. The van der Waals surface area contributed by atoms with Gasteiger partial charge >= 0.3 is 0 Å². The number of methoxy groups -OCH3 is 2. The highest BCUT2D eigenvalue weighted by Gasteiger charge is 2.21. The van der Waals surface area contributed by atoms with Gasteiger partial charge in [-0.05, 0) is 49.6 Å². The molecule has 0 saturated carbocycles. The first-order valence-electron chi connectivity index (χ1n) is 10.7. The highest BCUT2D eigenvalue weighted by molar-refractivity contribution is 5.84. The third kappa shape index (κ3) is 7.05. The summed E-state index contributed by atoms with van der Waals surface area (Å²) in [5.41, 5.74) is 1.03. The van der Waals surface area contributed by atoms with E-state index in [9.17, 15) is 9.59 Å². The van der Waals surface area contributed by atoms with Crippen LogP contribution in [0.1, 0.15) is 43.8 Å². The van der Waals surface area contributed by atoms with Crippen molar-refractivity contribution in [3.05, 3.63) is 47.4 Å². The molecule has 7 heteroatoms. The molecule has 0 atom stereocenters. The number of furan rings is 1. The Kier molecular flexibility index (Phi) is 9.43. The molecule has 2 rings (SSSR count). The van der Waals surface area contributed by atoms with Crippen LogP contribution in [0.25, 0.3) is 0 Å². The maximum Gasteiger partial charge on any atom is 0.242 e. The molecule has 1 heterocycles. The van der Waals surface area contributed by atoms with Crippen LogP contribution in [-0.4, -0.2) is 55.5 Å². The molecule has 0 aliphatic carbocycles. The number of carbonyl (C=O) groups excluding carboxylic acids is 2. The molecule has 0 spiro atoms. The number of carbonyl (C=O) groups is 2. The van der Waals surface area contributed by atoms with Crippen LogP contribution in [0, 0.1) is 6.92 Å². The van der Waals surface area contributed by atoms with Crippen molar-refractivity contribution in [2.24, 2.45) is 0 Å². The van der Waals surface area contributed by atoms with Crippen molar-refractivity contribution >= 4 is 11.8 Å². The Labute approximate surface area is 184 Å². The van der Waals surface area contributed by atoms with Crippen LogP contribution in [0.4, 0.5) is 0 Å². The van der Waals surface area contributed by atoms with E-state index in [0.717, 1.165) is 23.5 Å². The number of amides is 2. The van der Waals surface area contributed by atoms with E-state index in [-0.39, 0.29) is 18.4 Å². The number of benzene rings is 1. The van der Waals surface area contributed by atoms with Crippen LogP contribution in [0.3, 0.4) is 0 Å². The summed E-state index contributed by atoms with van der Waals surface area (Å²) in [5.74, 6) is 2.74. The Bertz CT molecular complexity index is 861. The summed E-state index contributed by atoms with van der Waals surface area (Å²) in [6.07, 6.45) is 1.83. The zero-order valence-electron chi connectivity index (χ0n) is 19.3. The molecule has 31 heavy (non-hydrogen) atoms. The Morgan fingerprint density at radius 3 is 2.26 bits per heavy atom. The Morgan fingerprint density at radius 1 is 0.935 bits per heavy atom. The fourth-order valence-electron chi connectivity index (χ4n) is 3.40. The second-order valence-corrected chi connectivity index (χ2v) is 7.44. The van der Waals surface area contributed by atoms with E-state index in [2.05, 4.69) is 0 Å². The van der Waals surface area contributed by atoms with Gasteiger partial charge in [-0.2, -0.15) is 0 Å². The van der Waals surface area contributed by atoms with Crippen molar-refractivity contribution in [2.45, 2.75) is 46.6 Å². The van der Waals surface area contributed by atoms with Crippen LogP contribution in [0.15, 0.2) is 34.7 Å². The fraction of sp³-hybridized carbons (Fsp3) is 0.500. The Balaban J connectivity index is 2.15. The van der Waals surface area contributed by atoms with E-state index in [4.69, 9.17) is 13.9 Å². The molecule has 1 aromatic heterocycles. The lowest BCUT2D eigenvalue weighted by atomic mass is 10.1. The monoisotopic (exact) mass is 430 g/mol. The van der Waals surface area contributed by atoms with E-state index in [1.54, 1.807) is 24.0 Å². The van der Waals surface area contributed by atoms with Gasteiger partial charge < -0.3 is 23.7 Å². The van der Waals surface area contributed by atoms with E-state index < -0.39 is 0 Å². The molecule has 0 fully saturated rings. The van der Waals surface area contributed by atoms with Crippen LogP contribution in [-0.2, 0) is 22.6 Å². The van der Waals surface area contributed by atoms with Gasteiger partial charge in [-0.1, -0.05) is 19.9 Å². The average Bonchev–Trinajstić information content (AvgIpc) is 3.19. The number of hydrogen-bond donors (Lipinski definition) is 0. The summed E-state index contributed by atoms with van der Waals surface area (Å²) in [7, 11) is 3.20. The molecular weight excluding hydrogens is 396 g/mol. The summed E-state index contributed by atoms with van der Waals surface area (Å²) < 4.78 is 16.4. The van der Waals surface area contributed by atoms with E-state index >= 15 is 0 Å². The smallest absolute Gasteiger partial charge is 0.242 e. The predicted octanol–water partition coefficient (Wildman–Crippen LogP) is 3.83. The van der Waals surface area contributed by atoms with E-state index in [1.807, 2.05) is 51.1 Å². The molecule has 0 saturated heterocycles. The van der Waals surface area contributed by atoms with E-state index in [1.165, 1.54) is 0 Å². The predicted molar refractivity (Wildman–Crippen MR) is 119 cm³/mol. The maximum absolute atomic E-state index is 13.2. The molecule has 7 nitrogen and oxygen atoms in total. The molecule has 0 N–H and O–H groups in total. The summed E-state index contributed by atoms with van der Waals surface area (Å²) in [6, 6.07) is 9.51. The molecular formula is C24H34N2O5. The van der Waals surface area contributed by atoms with Gasteiger partial charge in [-0.25, -0.2) is 0 Å². The Morgan fingerprint density at radius 2 is 1.68 bits per heavy atom. The van der Waals surface area contributed by atoms with Gasteiger partial charge in [0.15, 0.2) is 11.5 Å². The van der Waals surface area contributed by atoms with Crippen molar-refractivity contribution < 1.29 is 23.5 Å². The summed E-state index contributed by atoms with van der Waals surface area (Å²) >= 11 is 0. The molecule has 0 unspecified atom stereocenters. The minimum Gasteiger partial charge on any atom is -0.493 e. The van der Waals surface area contributed by atoms with Crippen LogP contribution >= 0.6 is 0 Å². The number of hydrogen-bond acceptors (Lipinski definition) is 5. The zero-order valence-corrected chi connectivity index (χ0v) is 19.3. The van der Waals surface area contributed by atoms with Crippen LogP contribution in [0.2, 0.25) is 0 Å². The van der Waals surface area contributed by atoms with Gasteiger partial charge in [0.1, 0.15) is 11.5 Å². The lowest BCUT2D eigenvalue weighted by molar-refractivity contribution is -0.140. The van der Waals surface area contributed by atoms with Gasteiger partial charge in [-0.15, -0.1) is 0 Å². The van der Waals surface area contributed by atoms with Gasteiger partial charge in [0, 0.05) is 19.5 Å². The lowest BCUT2D eigenvalue weighted by Gasteiger charge is -2.27. The van der Waals surface area contributed by atoms with Crippen LogP contribution < -0.4 is 9.47 Å². The number of nitrogens with zero attached hydrogens (tertiary/aromatic N) is 2. The highest BCUT2D eigenvalue weighted by atomic mass is 16.5. The van der Waals surface area contributed by atoms with E-state index in [0.29, 0.717) is 44.0 Å². The first-order chi connectivity index (χ1) is 14.9. The van der Waals surface area contributed by atoms with Gasteiger partial charge in [-0.3, -0.25) is 9.59 Å². The SMILES string of the molecule is CCCN(CC(=O)N(CCc1ccc(OC)c(OC)c1)Cc1ccc(C)o1)C(=O)CC. The number of aryl methyl sites for hydroxylation is 1. The molecule has 1 aromatic carbocycles. The normalized spacial score (nSPS) is 10.6. The standard InChI is InChI=1S/C24H34N2O5/c1-6-13-25(23(27)7-2)17-24(28)26(16-20-10-8-18(3)31-20)14-12-19-9-11-21(29-4)22(15-19)30-5/h8-11,15H,6-7,12-14,16-17H2,1-5H3. The zero-order chi connectivity index (χ0) is 22.8. The largest absolute Gasteiger partial charge is 0.493 e. The quantitative estimate of drug-likeness (QED) is 0.512. The second kappa shape index (κ2) is 12.0. The van der Waals surface area contributed by atoms with Crippen molar-refractivity contribution in [1.29, 1.82) is 0 Å². The topological polar surface area (TPSA) is 72.2 Å². The molecule has 0 aliphatic rings. The lowest BCUT2D eigenvalue weighted by Crippen LogP contribution is -2.43. The molecule has 0 bridgehead atoms. The average molecular weight is 431 g/mol. The fourth-order valence-corrected chi connectivity index (χ4v) is 3.40.